The third kappa shape index (κ3) is 4.52. The van der Waals surface area contributed by atoms with E-state index in [-0.39, 0.29) is 5.63 Å². The van der Waals surface area contributed by atoms with E-state index in [0.29, 0.717) is 24.3 Å². The van der Waals surface area contributed by atoms with Gasteiger partial charge in [0.1, 0.15) is 5.58 Å². The van der Waals surface area contributed by atoms with Gasteiger partial charge >= 0.3 is 5.63 Å². The Kier molecular flexibility index (Phi) is 5.37. The van der Waals surface area contributed by atoms with Crippen molar-refractivity contribution >= 4 is 16.7 Å². The van der Waals surface area contributed by atoms with Gasteiger partial charge in [0.2, 0.25) is 0 Å². The summed E-state index contributed by atoms with van der Waals surface area (Å²) in [5, 5.41) is 11.6. The molecule has 5 nitrogen and oxygen atoms in total. The van der Waals surface area contributed by atoms with Crippen LogP contribution in [0.3, 0.4) is 0 Å². The highest BCUT2D eigenvalue weighted by atomic mass is 16.7. The van der Waals surface area contributed by atoms with Crippen molar-refractivity contribution in [3.63, 3.8) is 0 Å². The van der Waals surface area contributed by atoms with Gasteiger partial charge in [-0.2, -0.15) is 5.26 Å². The average molecular weight is 382 g/mol. The van der Waals surface area contributed by atoms with Crippen LogP contribution in [-0.2, 0) is 18.0 Å². The van der Waals surface area contributed by atoms with Crippen LogP contribution in [0.15, 0.2) is 94.1 Å². The highest BCUT2D eigenvalue weighted by Crippen LogP contribution is 2.21. The van der Waals surface area contributed by atoms with Gasteiger partial charge in [0.15, 0.2) is 0 Å². The molecule has 0 aliphatic rings. The number of para-hydroxylation sites is 1. The van der Waals surface area contributed by atoms with Crippen molar-refractivity contribution in [2.24, 2.45) is 0 Å². The third-order valence-corrected chi connectivity index (χ3v) is 4.52. The van der Waals surface area contributed by atoms with Gasteiger partial charge in [0.25, 0.3) is 0 Å². The summed E-state index contributed by atoms with van der Waals surface area (Å²) in [6, 6.07) is 28.2. The molecule has 0 saturated heterocycles. The summed E-state index contributed by atoms with van der Waals surface area (Å²) in [6.07, 6.45) is 0. The summed E-state index contributed by atoms with van der Waals surface area (Å²) in [6.45, 7) is 0.901. The molecule has 3 aromatic carbocycles. The lowest BCUT2D eigenvalue weighted by atomic mass is 10.1. The zero-order valence-electron chi connectivity index (χ0n) is 15.6. The summed E-state index contributed by atoms with van der Waals surface area (Å²) < 4.78 is 5.21. The van der Waals surface area contributed by atoms with Crippen molar-refractivity contribution in [2.75, 3.05) is 5.06 Å². The highest BCUT2D eigenvalue weighted by molar-refractivity contribution is 5.77. The Morgan fingerprint density at radius 2 is 1.66 bits per heavy atom. The minimum Gasteiger partial charge on any atom is -0.423 e. The first-order valence-corrected chi connectivity index (χ1v) is 9.18. The van der Waals surface area contributed by atoms with E-state index in [1.165, 1.54) is 6.07 Å². The van der Waals surface area contributed by atoms with Crippen molar-refractivity contribution in [2.45, 2.75) is 13.2 Å². The van der Waals surface area contributed by atoms with Crippen molar-refractivity contribution in [3.8, 4) is 6.07 Å². The van der Waals surface area contributed by atoms with Gasteiger partial charge in [0.05, 0.1) is 30.5 Å². The molecule has 5 heteroatoms. The molecular formula is C24H18N2O3. The van der Waals surface area contributed by atoms with E-state index in [9.17, 15) is 4.79 Å². The van der Waals surface area contributed by atoms with E-state index < -0.39 is 0 Å². The molecular weight excluding hydrogens is 364 g/mol. The van der Waals surface area contributed by atoms with Crippen molar-refractivity contribution in [1.82, 2.24) is 0 Å². The number of hydrogen-bond acceptors (Lipinski definition) is 5. The van der Waals surface area contributed by atoms with Crippen LogP contribution in [-0.4, -0.2) is 0 Å². The van der Waals surface area contributed by atoms with E-state index in [4.69, 9.17) is 14.5 Å². The topological polar surface area (TPSA) is 66.5 Å². The SMILES string of the molecule is N#Cc1ccc(CON(Cc2ccc3oc(=O)ccc3c2)c2ccccc2)cc1. The second-order valence-electron chi connectivity index (χ2n) is 6.58. The maximum atomic E-state index is 11.4. The van der Waals surface area contributed by atoms with Crippen molar-refractivity contribution in [3.05, 3.63) is 112 Å². The fourth-order valence-electron chi connectivity index (χ4n) is 3.02. The zero-order valence-corrected chi connectivity index (χ0v) is 15.6. The van der Waals surface area contributed by atoms with Crippen LogP contribution in [0.2, 0.25) is 0 Å². The van der Waals surface area contributed by atoms with E-state index in [1.807, 2.05) is 59.7 Å². The number of nitriles is 1. The summed E-state index contributed by atoms with van der Waals surface area (Å²) in [4.78, 5) is 17.5. The van der Waals surface area contributed by atoms with Gasteiger partial charge in [-0.15, -0.1) is 0 Å². The average Bonchev–Trinajstić information content (AvgIpc) is 2.77. The summed E-state index contributed by atoms with van der Waals surface area (Å²) >= 11 is 0. The zero-order chi connectivity index (χ0) is 20.1. The maximum absolute atomic E-state index is 11.4. The van der Waals surface area contributed by atoms with E-state index >= 15 is 0 Å². The molecule has 0 unspecified atom stereocenters. The molecule has 1 aromatic heterocycles. The Morgan fingerprint density at radius 3 is 2.41 bits per heavy atom. The van der Waals surface area contributed by atoms with Crippen LogP contribution in [0.5, 0.6) is 0 Å². The molecule has 0 radical (unpaired) electrons. The molecule has 29 heavy (non-hydrogen) atoms. The fraction of sp³-hybridized carbons (Fsp3) is 0.0833. The van der Waals surface area contributed by atoms with Gasteiger partial charge in [-0.1, -0.05) is 36.4 Å². The Hall–Kier alpha value is -3.88. The molecule has 0 fully saturated rings. The van der Waals surface area contributed by atoms with E-state index in [1.54, 1.807) is 24.3 Å². The first-order chi connectivity index (χ1) is 14.2. The molecule has 0 atom stereocenters. The second kappa shape index (κ2) is 8.42. The van der Waals surface area contributed by atoms with Crippen LogP contribution in [0, 0.1) is 11.3 Å². The first-order valence-electron chi connectivity index (χ1n) is 9.18. The van der Waals surface area contributed by atoms with Gasteiger partial charge < -0.3 is 4.42 Å². The fourth-order valence-corrected chi connectivity index (χ4v) is 3.02. The second-order valence-corrected chi connectivity index (χ2v) is 6.58. The van der Waals surface area contributed by atoms with Crippen LogP contribution < -0.4 is 10.7 Å². The van der Waals surface area contributed by atoms with Crippen LogP contribution >= 0.6 is 0 Å². The standard InChI is InChI=1S/C24H18N2O3/c25-15-18-6-8-19(9-7-18)17-28-26(22-4-2-1-3-5-22)16-20-10-12-23-21(14-20)11-13-24(27)29-23/h1-14H,16-17H2. The predicted octanol–water partition coefficient (Wildman–Crippen LogP) is 4.80. The summed E-state index contributed by atoms with van der Waals surface area (Å²) in [5.74, 6) is 0. The molecule has 1 heterocycles. The molecule has 4 aromatic rings. The largest absolute Gasteiger partial charge is 0.423 e. The molecule has 0 bridgehead atoms. The smallest absolute Gasteiger partial charge is 0.336 e. The van der Waals surface area contributed by atoms with Gasteiger partial charge in [-0.05, 0) is 53.6 Å². The van der Waals surface area contributed by atoms with Crippen LogP contribution in [0.4, 0.5) is 5.69 Å². The number of hydroxylamine groups is 1. The normalized spacial score (nSPS) is 10.6. The van der Waals surface area contributed by atoms with Gasteiger partial charge in [-0.25, -0.2) is 9.86 Å². The Labute approximate surface area is 168 Å². The van der Waals surface area contributed by atoms with Crippen molar-refractivity contribution < 1.29 is 9.25 Å². The van der Waals surface area contributed by atoms with Crippen molar-refractivity contribution in [1.29, 1.82) is 5.26 Å². The quantitative estimate of drug-likeness (QED) is 0.354. The minimum atomic E-state index is -0.359. The number of fused-ring (bicyclic) bond motifs is 1. The minimum absolute atomic E-state index is 0.359. The van der Waals surface area contributed by atoms with Crippen LogP contribution in [0.1, 0.15) is 16.7 Å². The van der Waals surface area contributed by atoms with Gasteiger partial charge in [-0.3, -0.25) is 4.84 Å². The monoisotopic (exact) mass is 382 g/mol. The Balaban J connectivity index is 1.56. The van der Waals surface area contributed by atoms with Crippen LogP contribution in [0.25, 0.3) is 11.0 Å². The number of anilines is 1. The Morgan fingerprint density at radius 1 is 0.897 bits per heavy atom. The first kappa shape index (κ1) is 18.5. The number of rotatable bonds is 6. The lowest BCUT2D eigenvalue weighted by Gasteiger charge is -2.24. The highest BCUT2D eigenvalue weighted by Gasteiger charge is 2.10. The molecule has 0 amide bonds. The summed E-state index contributed by atoms with van der Waals surface area (Å²) in [5.41, 5.74) is 3.76. The number of benzene rings is 3. The summed E-state index contributed by atoms with van der Waals surface area (Å²) in [7, 11) is 0. The van der Waals surface area contributed by atoms with E-state index in [0.717, 1.165) is 22.2 Å². The molecule has 0 saturated carbocycles. The molecule has 0 spiro atoms. The molecule has 0 aliphatic heterocycles. The molecule has 142 valence electrons. The number of nitrogens with zero attached hydrogens (tertiary/aromatic N) is 2. The third-order valence-electron chi connectivity index (χ3n) is 4.52. The molecule has 4 rings (SSSR count). The number of hydrogen-bond donors (Lipinski definition) is 0. The molecule has 0 N–H and O–H groups in total. The Bertz CT molecular complexity index is 1210. The predicted molar refractivity (Wildman–Crippen MR) is 111 cm³/mol. The lowest BCUT2D eigenvalue weighted by molar-refractivity contribution is 0.0909. The van der Waals surface area contributed by atoms with E-state index in [2.05, 4.69) is 6.07 Å². The lowest BCUT2D eigenvalue weighted by Crippen LogP contribution is -2.23. The maximum Gasteiger partial charge on any atom is 0.336 e. The molecule has 0 aliphatic carbocycles. The van der Waals surface area contributed by atoms with Gasteiger partial charge in [0, 0.05) is 11.5 Å².